The number of halogens is 1. The van der Waals surface area contributed by atoms with E-state index in [1.54, 1.807) is 4.68 Å². The molecular formula is C34H48ClN5O5Si. The lowest BCUT2D eigenvalue weighted by Crippen LogP contribution is -2.57. The maximum absolute atomic E-state index is 6.62. The summed E-state index contributed by atoms with van der Waals surface area (Å²) < 4.78 is 33.9. The summed E-state index contributed by atoms with van der Waals surface area (Å²) in [6.07, 6.45) is 6.67. The Balaban J connectivity index is 1.08. The van der Waals surface area contributed by atoms with Crippen LogP contribution in [0.2, 0.25) is 23.4 Å². The molecule has 0 amide bonds. The van der Waals surface area contributed by atoms with Crippen molar-refractivity contribution in [3.63, 3.8) is 0 Å². The van der Waals surface area contributed by atoms with E-state index in [4.69, 9.17) is 40.1 Å². The number of ether oxygens (including phenoxy) is 4. The molecule has 4 atom stereocenters. The first-order valence-corrected chi connectivity index (χ1v) is 20.0. The van der Waals surface area contributed by atoms with Crippen LogP contribution in [0, 0.1) is 5.41 Å². The monoisotopic (exact) mass is 669 g/mol. The van der Waals surface area contributed by atoms with E-state index in [1.807, 2.05) is 38.2 Å². The summed E-state index contributed by atoms with van der Waals surface area (Å²) in [7, 11) is -1.87. The van der Waals surface area contributed by atoms with Gasteiger partial charge in [0.15, 0.2) is 26.0 Å². The van der Waals surface area contributed by atoms with E-state index in [-0.39, 0.29) is 22.5 Å². The van der Waals surface area contributed by atoms with Gasteiger partial charge in [0.25, 0.3) is 0 Å². The number of rotatable bonds is 8. The van der Waals surface area contributed by atoms with Crippen molar-refractivity contribution in [1.29, 1.82) is 0 Å². The third-order valence-corrected chi connectivity index (χ3v) is 15.4. The molecule has 4 aliphatic rings. The molecule has 3 aromatic rings. The van der Waals surface area contributed by atoms with Crippen molar-refractivity contribution in [2.75, 3.05) is 24.6 Å². The number of nitrogens with zero attached hydrogens (tertiary/aromatic N) is 5. The Hall–Kier alpha value is -2.28. The predicted molar refractivity (Wildman–Crippen MR) is 180 cm³/mol. The molecule has 46 heavy (non-hydrogen) atoms. The van der Waals surface area contributed by atoms with Crippen molar-refractivity contribution < 1.29 is 23.4 Å². The lowest BCUT2D eigenvalue weighted by molar-refractivity contribution is -0.200. The van der Waals surface area contributed by atoms with Gasteiger partial charge in [0.05, 0.1) is 18.2 Å². The van der Waals surface area contributed by atoms with Crippen molar-refractivity contribution in [1.82, 2.24) is 19.7 Å². The second kappa shape index (κ2) is 11.7. The number of hydrogen-bond donors (Lipinski definition) is 0. The van der Waals surface area contributed by atoms with E-state index >= 15 is 0 Å². The quantitative estimate of drug-likeness (QED) is 0.181. The molecule has 3 aliphatic heterocycles. The molecule has 5 heterocycles. The van der Waals surface area contributed by atoms with Gasteiger partial charge < -0.3 is 28.3 Å². The highest BCUT2D eigenvalue weighted by atomic mass is 35.5. The standard InChI is InChI=1S/C34H48ClN5O5Si/c1-32(2,3)46(6,7)42-18-22-12-11-13-23(16-22)41-19-25-26-27(45-33(4,5)44-26)30(43-25)40-29-24(17-36-40)28(37-31(35)38-29)39-20-34(21-39)14-9-8-10-15-34/h11-13,16-17,25-27,30H,8-10,14-15,18-21H2,1-7H3/t25-,26-,27-,30-/m1/s1. The second-order valence-electron chi connectivity index (χ2n) is 15.7. The topological polar surface area (TPSA) is 93.0 Å². The van der Waals surface area contributed by atoms with E-state index < -0.39 is 26.4 Å². The highest BCUT2D eigenvalue weighted by molar-refractivity contribution is 6.74. The normalized spacial score (nSPS) is 27.3. The van der Waals surface area contributed by atoms with E-state index in [0.717, 1.165) is 35.6 Å². The highest BCUT2D eigenvalue weighted by Crippen LogP contribution is 2.48. The molecule has 1 spiro atoms. The molecule has 0 radical (unpaired) electrons. The maximum atomic E-state index is 6.62. The predicted octanol–water partition coefficient (Wildman–Crippen LogP) is 7.27. The molecule has 12 heteroatoms. The Morgan fingerprint density at radius 3 is 2.52 bits per heavy atom. The van der Waals surface area contributed by atoms with Crippen LogP contribution in [0.3, 0.4) is 0 Å². The van der Waals surface area contributed by atoms with E-state index in [9.17, 15) is 0 Å². The number of benzene rings is 1. The first-order valence-electron chi connectivity index (χ1n) is 16.8. The summed E-state index contributed by atoms with van der Waals surface area (Å²) in [6.45, 7) is 18.0. The minimum Gasteiger partial charge on any atom is -0.491 e. The Kier molecular flexibility index (Phi) is 8.21. The van der Waals surface area contributed by atoms with Gasteiger partial charge in [-0.05, 0) is 74.1 Å². The van der Waals surface area contributed by atoms with E-state index in [0.29, 0.717) is 24.3 Å². The molecule has 1 saturated carbocycles. The summed E-state index contributed by atoms with van der Waals surface area (Å²) in [5.74, 6) is 0.828. The van der Waals surface area contributed by atoms with Gasteiger partial charge in [-0.2, -0.15) is 15.1 Å². The Labute approximate surface area is 278 Å². The maximum Gasteiger partial charge on any atom is 0.226 e. The molecule has 0 bridgehead atoms. The average Bonchev–Trinajstić information content (AvgIpc) is 3.64. The molecule has 0 N–H and O–H groups in total. The van der Waals surface area contributed by atoms with Crippen molar-refractivity contribution >= 4 is 36.8 Å². The number of anilines is 1. The molecule has 0 unspecified atom stereocenters. The van der Waals surface area contributed by atoms with Gasteiger partial charge in [0.1, 0.15) is 36.5 Å². The molecular weight excluding hydrogens is 622 g/mol. The minimum atomic E-state index is -1.87. The fourth-order valence-corrected chi connectivity index (χ4v) is 8.34. The zero-order valence-electron chi connectivity index (χ0n) is 28.2. The van der Waals surface area contributed by atoms with E-state index in [1.165, 1.54) is 32.1 Å². The van der Waals surface area contributed by atoms with Gasteiger partial charge in [0.2, 0.25) is 5.28 Å². The second-order valence-corrected chi connectivity index (χ2v) is 20.8. The van der Waals surface area contributed by atoms with E-state index in [2.05, 4.69) is 54.8 Å². The van der Waals surface area contributed by atoms with Crippen LogP contribution in [-0.2, 0) is 25.2 Å². The van der Waals surface area contributed by atoms with Gasteiger partial charge in [-0.25, -0.2) is 4.68 Å². The van der Waals surface area contributed by atoms with Gasteiger partial charge in [-0.3, -0.25) is 0 Å². The number of aromatic nitrogens is 4. The molecule has 7 rings (SSSR count). The molecule has 1 aromatic carbocycles. The van der Waals surface area contributed by atoms with Crippen LogP contribution in [0.1, 0.15) is 78.5 Å². The third-order valence-electron chi connectivity index (χ3n) is 10.8. The smallest absolute Gasteiger partial charge is 0.226 e. The van der Waals surface area contributed by atoms with Crippen LogP contribution in [0.15, 0.2) is 30.5 Å². The summed E-state index contributed by atoms with van der Waals surface area (Å²) in [6, 6.07) is 8.09. The SMILES string of the molecule is CC1(C)O[C@@H]2[C@H](O1)[C@@H](COc1cccc(CO[Si](C)(C)C(C)(C)C)c1)O[C@H]2n1ncc2c(N3CC4(CCCCC4)C3)nc(Cl)nc21. The van der Waals surface area contributed by atoms with Gasteiger partial charge >= 0.3 is 0 Å². The van der Waals surface area contributed by atoms with Crippen LogP contribution < -0.4 is 9.64 Å². The highest BCUT2D eigenvalue weighted by Gasteiger charge is 2.57. The lowest BCUT2D eigenvalue weighted by Gasteiger charge is -2.53. The largest absolute Gasteiger partial charge is 0.491 e. The van der Waals surface area contributed by atoms with Gasteiger partial charge in [-0.15, -0.1) is 0 Å². The molecule has 250 valence electrons. The van der Waals surface area contributed by atoms with Crippen molar-refractivity contribution in [2.45, 2.75) is 122 Å². The van der Waals surface area contributed by atoms with Crippen LogP contribution in [0.4, 0.5) is 5.82 Å². The number of hydrogen-bond acceptors (Lipinski definition) is 9. The molecule has 3 saturated heterocycles. The molecule has 2 aromatic heterocycles. The van der Waals surface area contributed by atoms with Crippen molar-refractivity contribution in [3.05, 3.63) is 41.3 Å². The van der Waals surface area contributed by atoms with Crippen LogP contribution in [0.5, 0.6) is 5.75 Å². The summed E-state index contributed by atoms with van der Waals surface area (Å²) in [4.78, 5) is 11.6. The Morgan fingerprint density at radius 2 is 1.78 bits per heavy atom. The fourth-order valence-electron chi connectivity index (χ4n) is 7.22. The summed E-state index contributed by atoms with van der Waals surface area (Å²) in [5, 5.41) is 5.98. The average molecular weight is 670 g/mol. The zero-order chi connectivity index (χ0) is 32.5. The molecule has 10 nitrogen and oxygen atoms in total. The first kappa shape index (κ1) is 32.3. The molecule has 1 aliphatic carbocycles. The van der Waals surface area contributed by atoms with Crippen molar-refractivity contribution in [3.8, 4) is 5.75 Å². The minimum absolute atomic E-state index is 0.149. The zero-order valence-corrected chi connectivity index (χ0v) is 30.0. The fraction of sp³-hybridized carbons (Fsp3) is 0.676. The first-order chi connectivity index (χ1) is 21.7. The molecule has 4 fully saturated rings. The third kappa shape index (κ3) is 6.07. The van der Waals surface area contributed by atoms with Gasteiger partial charge in [0, 0.05) is 18.5 Å². The summed E-state index contributed by atoms with van der Waals surface area (Å²) >= 11 is 6.53. The Bertz CT molecular complexity index is 1580. The van der Waals surface area contributed by atoms with Gasteiger partial charge in [-0.1, -0.05) is 52.2 Å². The van der Waals surface area contributed by atoms with Crippen LogP contribution in [0.25, 0.3) is 11.0 Å². The van der Waals surface area contributed by atoms with Crippen molar-refractivity contribution in [2.24, 2.45) is 5.41 Å². The van der Waals surface area contributed by atoms with Crippen LogP contribution in [-0.4, -0.2) is 71.9 Å². The number of fused-ring (bicyclic) bond motifs is 2. The van der Waals surface area contributed by atoms with Crippen LogP contribution >= 0.6 is 11.6 Å². The Morgan fingerprint density at radius 1 is 1.04 bits per heavy atom. The lowest BCUT2D eigenvalue weighted by atomic mass is 9.68. The summed E-state index contributed by atoms with van der Waals surface area (Å²) in [5.41, 5.74) is 2.12.